The minimum Gasteiger partial charge on any atom is -0.223 e. The molecule has 39 heavy (non-hydrogen) atoms. The van der Waals surface area contributed by atoms with E-state index in [2.05, 4.69) is 0 Å². The van der Waals surface area contributed by atoms with Gasteiger partial charge in [0.2, 0.25) is 0 Å². The first-order valence-corrected chi connectivity index (χ1v) is 13.9. The van der Waals surface area contributed by atoms with Gasteiger partial charge in [-0.25, -0.2) is 25.9 Å². The summed E-state index contributed by atoms with van der Waals surface area (Å²) in [5.41, 5.74) is -9.40. The fraction of sp³-hybridized carbons (Fsp3) is 0.455. The standard InChI is InChI=1S/C22H19F10NO4S2/c23-15-3-6-17(21(27,28)29)18(11-15)19(38(34,35)16-4-1-14(2-5-16)20(24,25)26)9-7-13(8-10-19)12-33-39(36,37)22(30,31)32/h1-6,11,13,33H,7-10,12H2. The summed E-state index contributed by atoms with van der Waals surface area (Å²) in [5, 5.41) is 0. The van der Waals surface area contributed by atoms with E-state index in [0.29, 0.717) is 42.5 Å². The van der Waals surface area contributed by atoms with Crippen molar-refractivity contribution in [1.82, 2.24) is 4.72 Å². The molecule has 0 bridgehead atoms. The topological polar surface area (TPSA) is 80.3 Å². The van der Waals surface area contributed by atoms with Gasteiger partial charge in [0, 0.05) is 6.54 Å². The van der Waals surface area contributed by atoms with Crippen molar-refractivity contribution in [2.75, 3.05) is 6.54 Å². The largest absolute Gasteiger partial charge is 0.511 e. The van der Waals surface area contributed by atoms with Gasteiger partial charge < -0.3 is 0 Å². The Labute approximate surface area is 216 Å². The summed E-state index contributed by atoms with van der Waals surface area (Å²) in [6, 6.07) is 3.05. The molecule has 1 aliphatic rings. The van der Waals surface area contributed by atoms with E-state index < -0.39 is 108 Å². The molecule has 17 heteroatoms. The van der Waals surface area contributed by atoms with Crippen molar-refractivity contribution in [1.29, 1.82) is 0 Å². The molecule has 0 heterocycles. The van der Waals surface area contributed by atoms with Crippen molar-refractivity contribution >= 4 is 19.9 Å². The number of alkyl halides is 9. The number of hydrogen-bond acceptors (Lipinski definition) is 4. The Morgan fingerprint density at radius 1 is 0.795 bits per heavy atom. The minimum atomic E-state index is -5.76. The Morgan fingerprint density at radius 3 is 1.79 bits per heavy atom. The lowest BCUT2D eigenvalue weighted by atomic mass is 9.76. The molecular formula is C22H19F10NO4S2. The zero-order valence-corrected chi connectivity index (χ0v) is 21.0. The van der Waals surface area contributed by atoms with Gasteiger partial charge in [0.25, 0.3) is 0 Å². The summed E-state index contributed by atoms with van der Waals surface area (Å²) >= 11 is 0. The summed E-state index contributed by atoms with van der Waals surface area (Å²) in [6.07, 6.45) is -12.3. The first-order chi connectivity index (χ1) is 17.6. The van der Waals surface area contributed by atoms with Crippen LogP contribution < -0.4 is 4.72 Å². The average Bonchev–Trinajstić information content (AvgIpc) is 2.81. The van der Waals surface area contributed by atoms with E-state index in [1.165, 1.54) is 4.72 Å². The second-order valence-electron chi connectivity index (χ2n) is 8.95. The predicted molar refractivity (Wildman–Crippen MR) is 117 cm³/mol. The van der Waals surface area contributed by atoms with Crippen LogP contribution in [0.25, 0.3) is 0 Å². The van der Waals surface area contributed by atoms with Gasteiger partial charge in [-0.1, -0.05) is 0 Å². The van der Waals surface area contributed by atoms with E-state index in [9.17, 15) is 60.7 Å². The molecule has 1 N–H and O–H groups in total. The van der Waals surface area contributed by atoms with Gasteiger partial charge in [0.15, 0.2) is 9.84 Å². The van der Waals surface area contributed by atoms with Crippen LogP contribution in [0.15, 0.2) is 47.4 Å². The Hall–Kier alpha value is -2.40. The minimum absolute atomic E-state index is 0.318. The quantitative estimate of drug-likeness (QED) is 0.395. The Kier molecular flexibility index (Phi) is 8.15. The van der Waals surface area contributed by atoms with Crippen LogP contribution in [0, 0.1) is 11.7 Å². The lowest BCUT2D eigenvalue weighted by Crippen LogP contribution is -2.44. The van der Waals surface area contributed by atoms with E-state index in [-0.39, 0.29) is 0 Å². The Morgan fingerprint density at radius 2 is 1.33 bits per heavy atom. The van der Waals surface area contributed by atoms with Crippen molar-refractivity contribution in [3.05, 3.63) is 65.0 Å². The number of rotatable bonds is 6. The monoisotopic (exact) mass is 615 g/mol. The van der Waals surface area contributed by atoms with Gasteiger partial charge in [0.05, 0.1) is 16.0 Å². The van der Waals surface area contributed by atoms with Crippen LogP contribution in [0.2, 0.25) is 0 Å². The lowest BCUT2D eigenvalue weighted by Gasteiger charge is -2.41. The third-order valence-corrected chi connectivity index (χ3v) is 10.3. The average molecular weight is 616 g/mol. The van der Waals surface area contributed by atoms with Crippen molar-refractivity contribution in [2.24, 2.45) is 5.92 Å². The van der Waals surface area contributed by atoms with E-state index >= 15 is 0 Å². The zero-order chi connectivity index (χ0) is 29.7. The number of hydrogen-bond donors (Lipinski definition) is 1. The maximum absolute atomic E-state index is 14.2. The molecule has 3 rings (SSSR count). The molecule has 1 saturated carbocycles. The van der Waals surface area contributed by atoms with E-state index in [0.717, 1.165) is 0 Å². The number of sulfonamides is 1. The van der Waals surface area contributed by atoms with Crippen molar-refractivity contribution < 1.29 is 60.7 Å². The van der Waals surface area contributed by atoms with Crippen molar-refractivity contribution in [2.45, 2.75) is 53.2 Å². The second-order valence-corrected chi connectivity index (χ2v) is 13.0. The third-order valence-electron chi connectivity index (χ3n) is 6.56. The van der Waals surface area contributed by atoms with Crippen LogP contribution in [0.1, 0.15) is 42.4 Å². The van der Waals surface area contributed by atoms with E-state index in [4.69, 9.17) is 0 Å². The molecule has 0 aromatic heterocycles. The molecule has 0 radical (unpaired) electrons. The van der Waals surface area contributed by atoms with Gasteiger partial charge in [-0.15, -0.1) is 0 Å². The predicted octanol–water partition coefficient (Wildman–Crippen LogP) is 6.16. The highest BCUT2D eigenvalue weighted by Crippen LogP contribution is 2.52. The Bertz CT molecular complexity index is 1410. The van der Waals surface area contributed by atoms with Gasteiger partial charge in [-0.2, -0.15) is 39.5 Å². The Balaban J connectivity index is 2.09. The second kappa shape index (κ2) is 10.2. The molecule has 0 amide bonds. The molecular weight excluding hydrogens is 596 g/mol. The van der Waals surface area contributed by atoms with Crippen molar-refractivity contribution in [3.8, 4) is 0 Å². The van der Waals surface area contributed by atoms with Gasteiger partial charge >= 0.3 is 27.9 Å². The molecule has 218 valence electrons. The molecule has 2 aromatic rings. The molecule has 5 nitrogen and oxygen atoms in total. The molecule has 0 unspecified atom stereocenters. The molecule has 2 aromatic carbocycles. The number of nitrogens with one attached hydrogen (secondary N) is 1. The molecule has 1 fully saturated rings. The zero-order valence-electron chi connectivity index (χ0n) is 19.4. The molecule has 0 spiro atoms. The smallest absolute Gasteiger partial charge is 0.223 e. The number of halogens is 10. The summed E-state index contributed by atoms with van der Waals surface area (Å²) < 4.78 is 182. The fourth-order valence-corrected chi connectivity index (χ4v) is 7.33. The molecule has 0 atom stereocenters. The SMILES string of the molecule is O=S(=O)(NCC1CCC(c2cc(F)ccc2C(F)(F)F)(S(=O)(=O)c2ccc(C(F)(F)F)cc2)CC1)C(F)(F)F. The summed E-state index contributed by atoms with van der Waals surface area (Å²) in [5.74, 6) is -2.18. The molecule has 0 aliphatic heterocycles. The lowest BCUT2D eigenvalue weighted by molar-refractivity contribution is -0.139. The maximum atomic E-state index is 14.2. The number of benzene rings is 2. The number of sulfone groups is 1. The third kappa shape index (κ3) is 6.19. The normalized spacial score (nSPS) is 21.6. The van der Waals surface area contributed by atoms with E-state index in [1.54, 1.807) is 0 Å². The highest BCUT2D eigenvalue weighted by molar-refractivity contribution is 7.92. The molecule has 0 saturated heterocycles. The maximum Gasteiger partial charge on any atom is 0.511 e. The fourth-order valence-electron chi connectivity index (χ4n) is 4.53. The van der Waals surface area contributed by atoms with Gasteiger partial charge in [0.1, 0.15) is 10.6 Å². The highest BCUT2D eigenvalue weighted by Gasteiger charge is 2.53. The highest BCUT2D eigenvalue weighted by atomic mass is 32.2. The summed E-state index contributed by atoms with van der Waals surface area (Å²) in [7, 11) is -10.7. The van der Waals surface area contributed by atoms with Crippen LogP contribution >= 0.6 is 0 Å². The van der Waals surface area contributed by atoms with Crippen LogP contribution in [-0.4, -0.2) is 28.9 Å². The van der Waals surface area contributed by atoms with Crippen LogP contribution in [0.3, 0.4) is 0 Å². The van der Waals surface area contributed by atoms with Gasteiger partial charge in [-0.3, -0.25) is 0 Å². The van der Waals surface area contributed by atoms with Crippen LogP contribution in [-0.2, 0) is 37.0 Å². The van der Waals surface area contributed by atoms with Crippen LogP contribution in [0.5, 0.6) is 0 Å². The van der Waals surface area contributed by atoms with E-state index in [1.807, 2.05) is 0 Å². The van der Waals surface area contributed by atoms with Crippen molar-refractivity contribution in [3.63, 3.8) is 0 Å². The van der Waals surface area contributed by atoms with Crippen LogP contribution in [0.4, 0.5) is 43.9 Å². The van der Waals surface area contributed by atoms with Gasteiger partial charge in [-0.05, 0) is 79.6 Å². The first kappa shape index (κ1) is 31.1. The summed E-state index contributed by atoms with van der Waals surface area (Å²) in [4.78, 5) is -0.788. The summed E-state index contributed by atoms with van der Waals surface area (Å²) in [6.45, 7) is -0.812. The molecule has 1 aliphatic carbocycles. The first-order valence-electron chi connectivity index (χ1n) is 11.0.